The Hall–Kier alpha value is -2.27. The van der Waals surface area contributed by atoms with Gasteiger partial charge in [-0.1, -0.05) is 23.7 Å². The Labute approximate surface area is 132 Å². The molecule has 2 aromatic rings. The highest BCUT2D eigenvalue weighted by Gasteiger charge is 2.09. The fraction of sp³-hybridized carbons (Fsp3) is 0.188. The van der Waals surface area contributed by atoms with Crippen molar-refractivity contribution in [3.63, 3.8) is 0 Å². The van der Waals surface area contributed by atoms with Gasteiger partial charge < -0.3 is 5.32 Å². The number of ketones is 1. The van der Waals surface area contributed by atoms with Gasteiger partial charge in [-0.3, -0.25) is 9.59 Å². The zero-order valence-corrected chi connectivity index (χ0v) is 12.4. The molecule has 0 atom stereocenters. The second-order valence-electron chi connectivity index (χ2n) is 4.75. The van der Waals surface area contributed by atoms with Gasteiger partial charge in [0.05, 0.1) is 5.02 Å². The Bertz CT molecular complexity index is 597. The van der Waals surface area contributed by atoms with Gasteiger partial charge in [-0.25, -0.2) is 9.37 Å². The first kappa shape index (κ1) is 16.1. The molecule has 0 aliphatic carbocycles. The first-order chi connectivity index (χ1) is 10.5. The Morgan fingerprint density at radius 2 is 1.82 bits per heavy atom. The number of hydrogen-bond acceptors (Lipinski definition) is 3. The van der Waals surface area contributed by atoms with Crippen molar-refractivity contribution in [2.75, 3.05) is 5.32 Å². The van der Waals surface area contributed by atoms with Crippen LogP contribution in [0.5, 0.6) is 0 Å². The van der Waals surface area contributed by atoms with E-state index in [-0.39, 0.29) is 36.8 Å². The van der Waals surface area contributed by atoms with Crippen molar-refractivity contribution in [3.8, 4) is 0 Å². The third kappa shape index (κ3) is 5.26. The third-order valence-electron chi connectivity index (χ3n) is 2.94. The number of anilines is 1. The lowest BCUT2D eigenvalue weighted by molar-refractivity contribution is -0.122. The molecule has 2 rings (SSSR count). The van der Waals surface area contributed by atoms with Crippen LogP contribution in [0.15, 0.2) is 42.6 Å². The minimum atomic E-state index is -0.342. The van der Waals surface area contributed by atoms with Gasteiger partial charge in [0.1, 0.15) is 17.4 Å². The molecule has 0 radical (unpaired) electrons. The monoisotopic (exact) mass is 320 g/mol. The first-order valence-electron chi connectivity index (χ1n) is 6.70. The second kappa shape index (κ2) is 7.66. The summed E-state index contributed by atoms with van der Waals surface area (Å²) >= 11 is 5.69. The molecule has 1 amide bonds. The number of carbonyl (C=O) groups excluding carboxylic acids is 2. The zero-order valence-electron chi connectivity index (χ0n) is 11.7. The number of hydrogen-bond donors (Lipinski definition) is 1. The smallest absolute Gasteiger partial charge is 0.225 e. The number of halogens is 2. The van der Waals surface area contributed by atoms with Crippen LogP contribution in [0.2, 0.25) is 5.02 Å². The summed E-state index contributed by atoms with van der Waals surface area (Å²) in [4.78, 5) is 27.4. The van der Waals surface area contributed by atoms with Gasteiger partial charge in [0.25, 0.3) is 0 Å². The fourth-order valence-corrected chi connectivity index (χ4v) is 1.94. The van der Waals surface area contributed by atoms with E-state index in [1.54, 1.807) is 24.3 Å². The summed E-state index contributed by atoms with van der Waals surface area (Å²) in [6.07, 6.45) is 1.81. The van der Waals surface area contributed by atoms with Crippen molar-refractivity contribution in [1.82, 2.24) is 4.98 Å². The second-order valence-corrected chi connectivity index (χ2v) is 5.19. The molecule has 0 bridgehead atoms. The number of amides is 1. The standard InChI is InChI=1S/C16H14ClFN2O2/c17-12-3-7-15(19-10-12)20-16(22)8-6-14(21)9-11-1-4-13(18)5-2-11/h1-5,7,10H,6,8-9H2,(H,19,20,22). The van der Waals surface area contributed by atoms with Gasteiger partial charge >= 0.3 is 0 Å². The lowest BCUT2D eigenvalue weighted by Crippen LogP contribution is -2.15. The van der Waals surface area contributed by atoms with E-state index in [2.05, 4.69) is 10.3 Å². The molecule has 0 aliphatic rings. The van der Waals surface area contributed by atoms with E-state index < -0.39 is 0 Å². The van der Waals surface area contributed by atoms with Crippen LogP contribution in [0.1, 0.15) is 18.4 Å². The third-order valence-corrected chi connectivity index (χ3v) is 3.16. The van der Waals surface area contributed by atoms with Gasteiger partial charge in [0, 0.05) is 25.5 Å². The first-order valence-corrected chi connectivity index (χ1v) is 7.08. The van der Waals surface area contributed by atoms with E-state index in [0.29, 0.717) is 10.8 Å². The molecule has 0 unspecified atom stereocenters. The molecule has 0 fully saturated rings. The number of nitrogens with one attached hydrogen (secondary N) is 1. The highest BCUT2D eigenvalue weighted by molar-refractivity contribution is 6.30. The molecule has 0 saturated heterocycles. The Morgan fingerprint density at radius 1 is 1.09 bits per heavy atom. The van der Waals surface area contributed by atoms with E-state index in [0.717, 1.165) is 5.56 Å². The lowest BCUT2D eigenvalue weighted by atomic mass is 10.1. The molecule has 0 saturated carbocycles. The average Bonchev–Trinajstić information content (AvgIpc) is 2.50. The summed E-state index contributed by atoms with van der Waals surface area (Å²) in [5.41, 5.74) is 0.728. The highest BCUT2D eigenvalue weighted by atomic mass is 35.5. The normalized spacial score (nSPS) is 10.3. The maximum atomic E-state index is 12.8. The van der Waals surface area contributed by atoms with Crippen LogP contribution in [0.25, 0.3) is 0 Å². The Balaban J connectivity index is 1.76. The largest absolute Gasteiger partial charge is 0.311 e. The van der Waals surface area contributed by atoms with Crippen molar-refractivity contribution in [1.29, 1.82) is 0 Å². The number of benzene rings is 1. The number of rotatable bonds is 6. The number of carbonyl (C=O) groups is 2. The minimum absolute atomic E-state index is 0.0737. The summed E-state index contributed by atoms with van der Waals surface area (Å²) in [6, 6.07) is 8.93. The zero-order chi connectivity index (χ0) is 15.9. The topological polar surface area (TPSA) is 59.1 Å². The molecule has 0 aliphatic heterocycles. The molecule has 22 heavy (non-hydrogen) atoms. The minimum Gasteiger partial charge on any atom is -0.311 e. The lowest BCUT2D eigenvalue weighted by Gasteiger charge is -2.04. The SMILES string of the molecule is O=C(CCC(=O)Nc1ccc(Cl)cn1)Cc1ccc(F)cc1. The maximum absolute atomic E-state index is 12.8. The molecular weight excluding hydrogens is 307 g/mol. The van der Waals surface area contributed by atoms with Gasteiger partial charge in [0.15, 0.2) is 0 Å². The van der Waals surface area contributed by atoms with Crippen molar-refractivity contribution >= 4 is 29.1 Å². The van der Waals surface area contributed by atoms with Gasteiger partial charge in [-0.15, -0.1) is 0 Å². The predicted octanol–water partition coefficient (Wildman–Crippen LogP) is 3.40. The molecule has 1 N–H and O–H groups in total. The van der Waals surface area contributed by atoms with Crippen molar-refractivity contribution in [2.24, 2.45) is 0 Å². The van der Waals surface area contributed by atoms with Gasteiger partial charge in [-0.05, 0) is 29.8 Å². The van der Waals surface area contributed by atoms with Crippen molar-refractivity contribution < 1.29 is 14.0 Å². The Morgan fingerprint density at radius 3 is 2.45 bits per heavy atom. The molecule has 1 aromatic carbocycles. The molecule has 1 heterocycles. The molecular formula is C16H14ClFN2O2. The number of aromatic nitrogens is 1. The summed E-state index contributed by atoms with van der Waals surface area (Å²) in [6.45, 7) is 0. The van der Waals surface area contributed by atoms with Crippen molar-refractivity contribution in [2.45, 2.75) is 19.3 Å². The van der Waals surface area contributed by atoms with Crippen LogP contribution < -0.4 is 5.32 Å². The van der Waals surface area contributed by atoms with Crippen molar-refractivity contribution in [3.05, 3.63) is 59.0 Å². The quantitative estimate of drug-likeness (QED) is 0.887. The average molecular weight is 321 g/mol. The number of Topliss-reactive ketones (excluding diaryl/α,β-unsaturated/α-hetero) is 1. The highest BCUT2D eigenvalue weighted by Crippen LogP contribution is 2.10. The number of pyridine rings is 1. The molecule has 0 spiro atoms. The van der Waals surface area contributed by atoms with E-state index in [9.17, 15) is 14.0 Å². The van der Waals surface area contributed by atoms with Crippen LogP contribution in [-0.4, -0.2) is 16.7 Å². The van der Waals surface area contributed by atoms with E-state index >= 15 is 0 Å². The summed E-state index contributed by atoms with van der Waals surface area (Å²) in [7, 11) is 0. The number of nitrogens with zero attached hydrogens (tertiary/aromatic N) is 1. The predicted molar refractivity (Wildman–Crippen MR) is 82.2 cm³/mol. The maximum Gasteiger partial charge on any atom is 0.225 e. The molecule has 1 aromatic heterocycles. The van der Waals surface area contributed by atoms with Crippen LogP contribution in [0, 0.1) is 5.82 Å². The summed E-state index contributed by atoms with van der Waals surface area (Å²) in [5.74, 6) is -0.320. The van der Waals surface area contributed by atoms with E-state index in [1.807, 2.05) is 0 Å². The van der Waals surface area contributed by atoms with Gasteiger partial charge in [-0.2, -0.15) is 0 Å². The van der Waals surface area contributed by atoms with Crippen LogP contribution >= 0.6 is 11.6 Å². The summed E-state index contributed by atoms with van der Waals surface area (Å²) < 4.78 is 12.8. The van der Waals surface area contributed by atoms with Crippen LogP contribution in [0.3, 0.4) is 0 Å². The van der Waals surface area contributed by atoms with Crippen LogP contribution in [-0.2, 0) is 16.0 Å². The van der Waals surface area contributed by atoms with Gasteiger partial charge in [0.2, 0.25) is 5.91 Å². The molecule has 4 nitrogen and oxygen atoms in total. The molecule has 6 heteroatoms. The summed E-state index contributed by atoms with van der Waals surface area (Å²) in [5, 5.41) is 3.06. The molecule has 114 valence electrons. The fourth-order valence-electron chi connectivity index (χ4n) is 1.83. The van der Waals surface area contributed by atoms with Crippen LogP contribution in [0.4, 0.5) is 10.2 Å². The van der Waals surface area contributed by atoms with E-state index in [1.165, 1.54) is 18.3 Å². The Kier molecular flexibility index (Phi) is 5.61. The van der Waals surface area contributed by atoms with E-state index in [4.69, 9.17) is 11.6 Å².